The van der Waals surface area contributed by atoms with Gasteiger partial charge in [0.25, 0.3) is 0 Å². The van der Waals surface area contributed by atoms with E-state index in [0.29, 0.717) is 12.0 Å². The standard InChI is InChI=1S/C17H13Br2NO3/c18-9-5-4-8(6-10(9)19)14-15-11(2-1-3-13(15)21)20-12-7-23-17(22)16(12)14/h4-6,14,20H,1-3,7H2/t14-/m0/s1. The van der Waals surface area contributed by atoms with Gasteiger partial charge in [0.1, 0.15) is 6.61 Å². The van der Waals surface area contributed by atoms with Crippen molar-refractivity contribution < 1.29 is 14.3 Å². The Balaban J connectivity index is 1.91. The normalized spacial score (nSPS) is 23.5. The molecule has 0 fully saturated rings. The first-order valence-corrected chi connectivity index (χ1v) is 9.03. The minimum atomic E-state index is -0.339. The van der Waals surface area contributed by atoms with Crippen molar-refractivity contribution in [3.63, 3.8) is 0 Å². The largest absolute Gasteiger partial charge is 0.456 e. The van der Waals surface area contributed by atoms with Crippen molar-refractivity contribution in [2.45, 2.75) is 25.2 Å². The molecule has 118 valence electrons. The molecular weight excluding hydrogens is 426 g/mol. The van der Waals surface area contributed by atoms with E-state index in [4.69, 9.17) is 4.74 Å². The Hall–Kier alpha value is -1.40. The van der Waals surface area contributed by atoms with Crippen molar-refractivity contribution in [3.05, 3.63) is 55.2 Å². The Kier molecular flexibility index (Phi) is 3.69. The molecule has 0 spiro atoms. The number of carbonyl (C=O) groups is 2. The Morgan fingerprint density at radius 2 is 1.87 bits per heavy atom. The zero-order valence-corrected chi connectivity index (χ0v) is 15.3. The lowest BCUT2D eigenvalue weighted by atomic mass is 9.75. The number of benzene rings is 1. The van der Waals surface area contributed by atoms with E-state index in [1.807, 2.05) is 18.2 Å². The lowest BCUT2D eigenvalue weighted by Gasteiger charge is -2.32. The average molecular weight is 439 g/mol. The number of rotatable bonds is 1. The molecule has 6 heteroatoms. The second-order valence-electron chi connectivity index (χ2n) is 5.87. The predicted octanol–water partition coefficient (Wildman–Crippen LogP) is 3.72. The van der Waals surface area contributed by atoms with E-state index >= 15 is 0 Å². The van der Waals surface area contributed by atoms with Crippen LogP contribution in [0.3, 0.4) is 0 Å². The van der Waals surface area contributed by atoms with Gasteiger partial charge in [-0.05, 0) is 62.4 Å². The number of hydrogen-bond donors (Lipinski definition) is 1. The SMILES string of the molecule is O=C1CCCC2=C1[C@H](c1ccc(Br)c(Br)c1)C1=C(COC1=O)N2. The van der Waals surface area contributed by atoms with Gasteiger partial charge in [0, 0.05) is 32.6 Å². The van der Waals surface area contributed by atoms with Crippen LogP contribution in [-0.2, 0) is 14.3 Å². The minimum Gasteiger partial charge on any atom is -0.456 e. The number of carbonyl (C=O) groups excluding carboxylic acids is 2. The molecule has 0 saturated heterocycles. The van der Waals surface area contributed by atoms with Crippen molar-refractivity contribution >= 4 is 43.6 Å². The number of ether oxygens (including phenoxy) is 1. The van der Waals surface area contributed by atoms with E-state index in [9.17, 15) is 9.59 Å². The first-order chi connectivity index (χ1) is 11.1. The molecule has 1 aromatic carbocycles. The second kappa shape index (κ2) is 5.60. The van der Waals surface area contributed by atoms with E-state index in [1.54, 1.807) is 0 Å². The third-order valence-corrected chi connectivity index (χ3v) is 6.38. The molecule has 2 heterocycles. The summed E-state index contributed by atoms with van der Waals surface area (Å²) >= 11 is 6.97. The number of halogens is 2. The molecule has 0 radical (unpaired) electrons. The maximum atomic E-state index is 12.6. The zero-order valence-electron chi connectivity index (χ0n) is 12.1. The van der Waals surface area contributed by atoms with Crippen LogP contribution in [-0.4, -0.2) is 18.4 Å². The molecule has 3 aliphatic rings. The van der Waals surface area contributed by atoms with Crippen LogP contribution in [0.1, 0.15) is 30.7 Å². The predicted molar refractivity (Wildman–Crippen MR) is 91.6 cm³/mol. The minimum absolute atomic E-state index is 0.119. The van der Waals surface area contributed by atoms with Crippen LogP contribution < -0.4 is 5.32 Å². The van der Waals surface area contributed by atoms with Gasteiger partial charge < -0.3 is 10.1 Å². The number of allylic oxidation sites excluding steroid dienone is 2. The van der Waals surface area contributed by atoms with Crippen LogP contribution in [0, 0.1) is 0 Å². The van der Waals surface area contributed by atoms with Gasteiger partial charge in [-0.1, -0.05) is 6.07 Å². The maximum Gasteiger partial charge on any atom is 0.337 e. The van der Waals surface area contributed by atoms with Crippen molar-refractivity contribution in [1.29, 1.82) is 0 Å². The number of hydrogen-bond acceptors (Lipinski definition) is 4. The number of Topliss-reactive ketones (excluding diaryl/α,β-unsaturated/α-hetero) is 1. The first kappa shape index (κ1) is 15.1. The van der Waals surface area contributed by atoms with Crippen LogP contribution in [0.25, 0.3) is 0 Å². The fourth-order valence-corrected chi connectivity index (χ4v) is 4.14. The summed E-state index contributed by atoms with van der Waals surface area (Å²) in [6.45, 7) is 0.257. The summed E-state index contributed by atoms with van der Waals surface area (Å²) < 4.78 is 7.04. The molecule has 4 nitrogen and oxygen atoms in total. The van der Waals surface area contributed by atoms with Crippen molar-refractivity contribution in [2.24, 2.45) is 0 Å². The van der Waals surface area contributed by atoms with Crippen LogP contribution in [0.5, 0.6) is 0 Å². The van der Waals surface area contributed by atoms with E-state index < -0.39 is 0 Å². The van der Waals surface area contributed by atoms with Gasteiger partial charge in [-0.25, -0.2) is 4.79 Å². The van der Waals surface area contributed by atoms with Crippen LogP contribution in [0.2, 0.25) is 0 Å². The van der Waals surface area contributed by atoms with Crippen LogP contribution >= 0.6 is 31.9 Å². The highest BCUT2D eigenvalue weighted by molar-refractivity contribution is 9.13. The van der Waals surface area contributed by atoms with Crippen molar-refractivity contribution in [2.75, 3.05) is 6.61 Å². The molecule has 4 rings (SSSR count). The van der Waals surface area contributed by atoms with Gasteiger partial charge in [-0.3, -0.25) is 4.79 Å². The third kappa shape index (κ3) is 2.39. The summed E-state index contributed by atoms with van der Waals surface area (Å²) in [7, 11) is 0. The molecule has 0 bridgehead atoms. The van der Waals surface area contributed by atoms with Crippen LogP contribution in [0.4, 0.5) is 0 Å². The molecule has 23 heavy (non-hydrogen) atoms. The lowest BCUT2D eigenvalue weighted by Crippen LogP contribution is -2.32. The molecule has 1 aliphatic carbocycles. The highest BCUT2D eigenvalue weighted by atomic mass is 79.9. The molecule has 0 aromatic heterocycles. The molecule has 0 amide bonds. The van der Waals surface area contributed by atoms with E-state index in [0.717, 1.165) is 44.3 Å². The fraction of sp³-hybridized carbons (Fsp3) is 0.294. The van der Waals surface area contributed by atoms with Gasteiger partial charge in [0.05, 0.1) is 11.3 Å². The Morgan fingerprint density at radius 1 is 1.04 bits per heavy atom. The first-order valence-electron chi connectivity index (χ1n) is 7.44. The highest BCUT2D eigenvalue weighted by Gasteiger charge is 2.42. The summed E-state index contributed by atoms with van der Waals surface area (Å²) in [5.74, 6) is -0.552. The summed E-state index contributed by atoms with van der Waals surface area (Å²) in [6.07, 6.45) is 2.21. The summed E-state index contributed by atoms with van der Waals surface area (Å²) in [6, 6.07) is 5.84. The Labute approximate surface area is 150 Å². The van der Waals surface area contributed by atoms with E-state index in [1.165, 1.54) is 0 Å². The van der Waals surface area contributed by atoms with Gasteiger partial charge in [0.2, 0.25) is 0 Å². The Morgan fingerprint density at radius 3 is 2.65 bits per heavy atom. The molecular formula is C17H13Br2NO3. The van der Waals surface area contributed by atoms with Crippen molar-refractivity contribution in [3.8, 4) is 0 Å². The quantitative estimate of drug-likeness (QED) is 0.679. The van der Waals surface area contributed by atoms with Gasteiger partial charge in [0.15, 0.2) is 5.78 Å². The van der Waals surface area contributed by atoms with Crippen LogP contribution in [0.15, 0.2) is 49.7 Å². The van der Waals surface area contributed by atoms with E-state index in [2.05, 4.69) is 37.2 Å². The number of cyclic esters (lactones) is 1. The zero-order chi connectivity index (χ0) is 16.1. The van der Waals surface area contributed by atoms with Crippen molar-refractivity contribution in [1.82, 2.24) is 5.32 Å². The Bertz CT molecular complexity index is 810. The fourth-order valence-electron chi connectivity index (χ4n) is 3.49. The molecule has 0 unspecified atom stereocenters. The summed E-state index contributed by atoms with van der Waals surface area (Å²) in [5.41, 5.74) is 3.97. The van der Waals surface area contributed by atoms with E-state index in [-0.39, 0.29) is 24.3 Å². The number of dihydropyridines is 1. The maximum absolute atomic E-state index is 12.6. The lowest BCUT2D eigenvalue weighted by molar-refractivity contribution is -0.136. The topological polar surface area (TPSA) is 55.4 Å². The summed E-state index contributed by atoms with van der Waals surface area (Å²) in [5, 5.41) is 3.28. The number of ketones is 1. The monoisotopic (exact) mass is 437 g/mol. The van der Waals surface area contributed by atoms with Gasteiger partial charge >= 0.3 is 5.97 Å². The molecule has 0 saturated carbocycles. The number of esters is 1. The average Bonchev–Trinajstić information content (AvgIpc) is 2.90. The van der Waals surface area contributed by atoms with Gasteiger partial charge in [-0.15, -0.1) is 0 Å². The summed E-state index contributed by atoms with van der Waals surface area (Å²) in [4.78, 5) is 24.8. The van der Waals surface area contributed by atoms with Gasteiger partial charge in [-0.2, -0.15) is 0 Å². The molecule has 1 atom stereocenters. The number of nitrogens with one attached hydrogen (secondary N) is 1. The molecule has 1 N–H and O–H groups in total. The smallest absolute Gasteiger partial charge is 0.337 e. The second-order valence-corrected chi connectivity index (χ2v) is 7.58. The highest BCUT2D eigenvalue weighted by Crippen LogP contribution is 2.45. The molecule has 1 aromatic rings. The third-order valence-electron chi connectivity index (χ3n) is 4.50. The molecule has 2 aliphatic heterocycles.